The molecule has 1 spiro atoms. The number of aromatic carboxylic acids is 2. The van der Waals surface area contributed by atoms with Crippen LogP contribution in [0.5, 0.6) is 23.0 Å². The molecule has 0 radical (unpaired) electrons. The molecule has 1 saturated carbocycles. The van der Waals surface area contributed by atoms with E-state index in [0.717, 1.165) is 37.3 Å². The van der Waals surface area contributed by atoms with Gasteiger partial charge in [-0.25, -0.2) is 9.59 Å². The van der Waals surface area contributed by atoms with Crippen LogP contribution in [0.2, 0.25) is 0 Å². The number of fused-ring (bicyclic) bond motifs is 2. The van der Waals surface area contributed by atoms with E-state index in [-0.39, 0.29) is 34.8 Å². The minimum atomic E-state index is -1.28. The first-order valence-corrected chi connectivity index (χ1v) is 17.1. The van der Waals surface area contributed by atoms with Crippen molar-refractivity contribution in [1.29, 1.82) is 0 Å². The molecule has 4 atom stereocenters. The van der Waals surface area contributed by atoms with Crippen LogP contribution in [0.15, 0.2) is 72.8 Å². The summed E-state index contributed by atoms with van der Waals surface area (Å²) < 4.78 is 11.8. The van der Waals surface area contributed by atoms with Crippen LogP contribution in [0.4, 0.5) is 0 Å². The predicted octanol–water partition coefficient (Wildman–Crippen LogP) is 6.32. The molecular formula is C41H37NO9. The summed E-state index contributed by atoms with van der Waals surface area (Å²) in [4.78, 5) is 38.3. The number of ketones is 1. The number of Topliss-reactive ketones (excluding diaryl/α,β-unsaturated/α-hetero) is 1. The number of methoxy groups -OCH3 is 1. The molecule has 0 amide bonds. The number of ether oxygens (including phenoxy) is 2. The van der Waals surface area contributed by atoms with Crippen molar-refractivity contribution in [1.82, 2.24) is 4.90 Å². The molecule has 51 heavy (non-hydrogen) atoms. The van der Waals surface area contributed by atoms with Crippen LogP contribution in [-0.2, 0) is 23.1 Å². The van der Waals surface area contributed by atoms with E-state index in [1.165, 1.54) is 23.3 Å². The summed E-state index contributed by atoms with van der Waals surface area (Å²) in [5.74, 6) is -0.897. The Hall–Kier alpha value is -5.61. The highest BCUT2D eigenvalue weighted by Gasteiger charge is 2.65. The molecule has 2 heterocycles. The van der Waals surface area contributed by atoms with Crippen LogP contribution >= 0.6 is 0 Å². The highest BCUT2D eigenvalue weighted by atomic mass is 16.5. The topological polar surface area (TPSA) is 154 Å². The number of likely N-dealkylation sites (tertiary alicyclic amines) is 1. The summed E-state index contributed by atoms with van der Waals surface area (Å²) >= 11 is 0. The van der Waals surface area contributed by atoms with Crippen LogP contribution in [0.1, 0.15) is 62.2 Å². The molecule has 5 aromatic rings. The lowest BCUT2D eigenvalue weighted by molar-refractivity contribution is -0.138. The zero-order chi connectivity index (χ0) is 35.8. The summed E-state index contributed by atoms with van der Waals surface area (Å²) in [7, 11) is 3.91. The molecule has 0 unspecified atom stereocenters. The lowest BCUT2D eigenvalue weighted by atomic mass is 9.52. The average Bonchev–Trinajstić information content (AvgIpc) is 3.48. The second-order valence-corrected chi connectivity index (χ2v) is 14.0. The van der Waals surface area contributed by atoms with Gasteiger partial charge in [-0.1, -0.05) is 54.6 Å². The Bertz CT molecular complexity index is 2200. The summed E-state index contributed by atoms with van der Waals surface area (Å²) in [5.41, 5.74) is 2.69. The van der Waals surface area contributed by atoms with Crippen LogP contribution < -0.4 is 9.47 Å². The van der Waals surface area contributed by atoms with Crippen LogP contribution in [0.25, 0.3) is 21.5 Å². The Morgan fingerprint density at radius 3 is 2.06 bits per heavy atom. The third-order valence-corrected chi connectivity index (χ3v) is 11.7. The van der Waals surface area contributed by atoms with Gasteiger partial charge in [0.2, 0.25) is 0 Å². The molecule has 1 saturated heterocycles. The minimum Gasteiger partial charge on any atom is -0.507 e. The first-order valence-electron chi connectivity index (χ1n) is 17.1. The molecule has 2 aliphatic heterocycles. The number of phenols is 2. The maximum absolute atomic E-state index is 12.6. The Labute approximate surface area is 293 Å². The van der Waals surface area contributed by atoms with Crippen molar-refractivity contribution in [3.8, 4) is 23.0 Å². The number of piperidine rings is 1. The normalized spacial score (nSPS) is 22.9. The number of carboxylic acids is 2. The summed E-state index contributed by atoms with van der Waals surface area (Å²) in [6.07, 6.45) is 3.43. The predicted molar refractivity (Wildman–Crippen MR) is 190 cm³/mol. The maximum atomic E-state index is 12.6. The number of rotatable bonds is 5. The molecule has 2 aliphatic carbocycles. The molecule has 2 fully saturated rings. The molecule has 10 heteroatoms. The lowest BCUT2D eigenvalue weighted by Gasteiger charge is -2.57. The van der Waals surface area contributed by atoms with Gasteiger partial charge in [-0.05, 0) is 84.1 Å². The number of carboxylic acid groups (broad SMARTS) is 2. The van der Waals surface area contributed by atoms with Gasteiger partial charge < -0.3 is 34.8 Å². The number of likely N-dealkylation sites (N-methyl/N-ethyl adjacent to an activating group) is 1. The van der Waals surface area contributed by atoms with Gasteiger partial charge in [-0.2, -0.15) is 0 Å². The standard InChI is InChI=1S/C23H16O6.C18H21NO3/c24-20-16(14-7-3-1-5-12(14)9-18(20)22(26)27)11-17-15-8-4-2-6-13(15)10-19(21(17)25)23(28)29;1-19-8-7-18-11-4-5-13(20)17(18)22-16-14(21-2)6-3-10(15(16)18)9-12(11)19/h1-10,24-25H,11H2,(H,26,27)(H,28,29);3,6,11-12,17H,4-5,7-9H2,1-2H3/t;11-,12+,17-,18-/m.0/s1. The van der Waals surface area contributed by atoms with E-state index in [4.69, 9.17) is 9.47 Å². The van der Waals surface area contributed by atoms with Gasteiger partial charge in [-0.15, -0.1) is 0 Å². The smallest absolute Gasteiger partial charge is 0.339 e. The van der Waals surface area contributed by atoms with Gasteiger partial charge in [0.25, 0.3) is 0 Å². The molecule has 10 nitrogen and oxygen atoms in total. The van der Waals surface area contributed by atoms with Gasteiger partial charge in [0, 0.05) is 41.0 Å². The molecule has 5 aromatic carbocycles. The molecule has 2 bridgehead atoms. The molecule has 4 aliphatic rings. The number of benzene rings is 5. The van der Waals surface area contributed by atoms with Crippen molar-refractivity contribution in [3.63, 3.8) is 0 Å². The fraction of sp³-hybridized carbons (Fsp3) is 0.293. The third kappa shape index (κ3) is 4.84. The van der Waals surface area contributed by atoms with Crippen molar-refractivity contribution in [2.75, 3.05) is 20.7 Å². The van der Waals surface area contributed by atoms with Crippen molar-refractivity contribution in [3.05, 3.63) is 106 Å². The number of carbonyl (C=O) groups excluding carboxylic acids is 1. The summed E-state index contributed by atoms with van der Waals surface area (Å²) in [5, 5.41) is 42.8. The van der Waals surface area contributed by atoms with E-state index >= 15 is 0 Å². The minimum absolute atomic E-state index is 0.0407. The van der Waals surface area contributed by atoms with Gasteiger partial charge in [0.05, 0.1) is 7.11 Å². The monoisotopic (exact) mass is 687 g/mol. The van der Waals surface area contributed by atoms with Crippen molar-refractivity contribution < 1.29 is 44.3 Å². The lowest BCUT2D eigenvalue weighted by Crippen LogP contribution is -2.65. The van der Waals surface area contributed by atoms with E-state index in [1.54, 1.807) is 55.6 Å². The maximum Gasteiger partial charge on any atom is 0.339 e. The van der Waals surface area contributed by atoms with Gasteiger partial charge in [0.1, 0.15) is 22.6 Å². The van der Waals surface area contributed by atoms with E-state index < -0.39 is 23.4 Å². The highest BCUT2D eigenvalue weighted by Crippen LogP contribution is 2.63. The Balaban J connectivity index is 0.000000152. The molecule has 0 aromatic heterocycles. The fourth-order valence-corrected chi connectivity index (χ4v) is 9.35. The Morgan fingerprint density at radius 1 is 0.902 bits per heavy atom. The number of hydrogen-bond acceptors (Lipinski definition) is 8. The van der Waals surface area contributed by atoms with Crippen molar-refractivity contribution >= 4 is 39.3 Å². The quantitative estimate of drug-likeness (QED) is 0.165. The van der Waals surface area contributed by atoms with Crippen LogP contribution in [0.3, 0.4) is 0 Å². The second-order valence-electron chi connectivity index (χ2n) is 14.0. The summed E-state index contributed by atoms with van der Waals surface area (Å²) in [6, 6.07) is 21.5. The highest BCUT2D eigenvalue weighted by molar-refractivity contribution is 6.02. The number of nitrogens with zero attached hydrogens (tertiary/aromatic N) is 1. The van der Waals surface area contributed by atoms with E-state index in [0.29, 0.717) is 51.1 Å². The number of hydrogen-bond donors (Lipinski definition) is 4. The van der Waals surface area contributed by atoms with Crippen molar-refractivity contribution in [2.24, 2.45) is 5.92 Å². The van der Waals surface area contributed by atoms with Crippen LogP contribution in [0, 0.1) is 5.92 Å². The number of carbonyl (C=O) groups is 3. The van der Waals surface area contributed by atoms with E-state index in [9.17, 15) is 34.8 Å². The van der Waals surface area contributed by atoms with E-state index in [1.807, 2.05) is 6.07 Å². The number of aromatic hydroxyl groups is 2. The largest absolute Gasteiger partial charge is 0.507 e. The molecule has 4 N–H and O–H groups in total. The SMILES string of the molecule is COc1ccc2c3c1O[C@H]1C(=O)CC[C@H]4[C@@H](C2)N(C)CC[C@]314.O=C(O)c1cc2ccccc2c(Cc2c(O)c(C(=O)O)cc3ccccc23)c1O. The third-order valence-electron chi connectivity index (χ3n) is 11.7. The van der Waals surface area contributed by atoms with E-state index in [2.05, 4.69) is 18.0 Å². The van der Waals surface area contributed by atoms with Gasteiger partial charge in [0.15, 0.2) is 23.4 Å². The first-order chi connectivity index (χ1) is 24.5. The fourth-order valence-electron chi connectivity index (χ4n) is 9.35. The molecule has 9 rings (SSSR count). The summed E-state index contributed by atoms with van der Waals surface area (Å²) in [6.45, 7) is 1.05. The average molecular weight is 688 g/mol. The zero-order valence-electron chi connectivity index (χ0n) is 28.2. The van der Waals surface area contributed by atoms with Crippen molar-refractivity contribution in [2.45, 2.75) is 49.7 Å². The zero-order valence-corrected chi connectivity index (χ0v) is 28.2. The van der Waals surface area contributed by atoms with Gasteiger partial charge in [-0.3, -0.25) is 4.79 Å². The Morgan fingerprint density at radius 2 is 1.49 bits per heavy atom. The second kappa shape index (κ2) is 12.0. The first kappa shape index (κ1) is 32.6. The molecule has 260 valence electrons. The molecular weight excluding hydrogens is 650 g/mol. The van der Waals surface area contributed by atoms with Crippen LogP contribution in [-0.4, -0.2) is 75.9 Å². The van der Waals surface area contributed by atoms with Gasteiger partial charge >= 0.3 is 11.9 Å². The Kier molecular flexibility index (Phi) is 7.68.